The Balaban J connectivity index is 1.70. The number of benzene rings is 3. The Kier molecular flexibility index (Phi) is 5.79. The fraction of sp³-hybridized carbons (Fsp3) is 0.138. The topological polar surface area (TPSA) is 68.9 Å². The minimum atomic E-state index is -0.279. The molecule has 0 aliphatic carbocycles. The molecule has 0 radical (unpaired) electrons. The second kappa shape index (κ2) is 9.06. The SMILES string of the molecule is Cc1ccc(NC(=O)Cn2c(=O)cc(C)c3c(-c4cccc(C)c4)nn(-c4ccccc4)c32)cc1. The Hall–Kier alpha value is -4.45. The Morgan fingerprint density at radius 1 is 0.857 bits per heavy atom. The predicted molar refractivity (Wildman–Crippen MR) is 140 cm³/mol. The monoisotopic (exact) mass is 462 g/mol. The number of carbonyl (C=O) groups excluding carboxylic acids is 1. The van der Waals surface area contributed by atoms with Crippen LogP contribution in [0.25, 0.3) is 28.0 Å². The van der Waals surface area contributed by atoms with Crippen LogP contribution in [-0.2, 0) is 11.3 Å². The molecular formula is C29H26N4O2. The van der Waals surface area contributed by atoms with Crippen LogP contribution in [0.5, 0.6) is 0 Å². The zero-order chi connectivity index (χ0) is 24.5. The van der Waals surface area contributed by atoms with Crippen molar-refractivity contribution in [3.63, 3.8) is 0 Å². The maximum atomic E-state index is 13.2. The largest absolute Gasteiger partial charge is 0.325 e. The van der Waals surface area contributed by atoms with Crippen LogP contribution in [0.15, 0.2) is 89.7 Å². The Bertz CT molecular complexity index is 1600. The van der Waals surface area contributed by atoms with E-state index in [-0.39, 0.29) is 18.0 Å². The quantitative estimate of drug-likeness (QED) is 0.379. The van der Waals surface area contributed by atoms with Gasteiger partial charge in [0.25, 0.3) is 5.56 Å². The van der Waals surface area contributed by atoms with Gasteiger partial charge >= 0.3 is 0 Å². The van der Waals surface area contributed by atoms with Crippen LogP contribution in [0.2, 0.25) is 0 Å². The molecule has 35 heavy (non-hydrogen) atoms. The molecule has 0 unspecified atom stereocenters. The molecule has 1 N–H and O–H groups in total. The van der Waals surface area contributed by atoms with Gasteiger partial charge in [-0.05, 0) is 56.7 Å². The average molecular weight is 463 g/mol. The summed E-state index contributed by atoms with van der Waals surface area (Å²) < 4.78 is 3.27. The third-order valence-corrected chi connectivity index (χ3v) is 6.05. The summed E-state index contributed by atoms with van der Waals surface area (Å²) in [5, 5.41) is 8.71. The van der Waals surface area contributed by atoms with Gasteiger partial charge in [0.1, 0.15) is 17.9 Å². The summed E-state index contributed by atoms with van der Waals surface area (Å²) in [6, 6.07) is 27.0. The number of pyridine rings is 1. The molecule has 6 heteroatoms. The highest BCUT2D eigenvalue weighted by Gasteiger charge is 2.21. The van der Waals surface area contributed by atoms with Crippen molar-refractivity contribution in [1.29, 1.82) is 0 Å². The van der Waals surface area contributed by atoms with Crippen LogP contribution in [-0.4, -0.2) is 20.3 Å². The highest BCUT2D eigenvalue weighted by Crippen LogP contribution is 2.32. The molecule has 0 saturated carbocycles. The zero-order valence-corrected chi connectivity index (χ0v) is 19.9. The van der Waals surface area contributed by atoms with E-state index < -0.39 is 0 Å². The number of rotatable bonds is 5. The minimum absolute atomic E-state index is 0.130. The van der Waals surface area contributed by atoms with E-state index in [4.69, 9.17) is 5.10 Å². The summed E-state index contributed by atoms with van der Waals surface area (Å²) in [6.07, 6.45) is 0. The first kappa shape index (κ1) is 22.3. The van der Waals surface area contributed by atoms with E-state index in [1.807, 2.05) is 93.6 Å². The van der Waals surface area contributed by atoms with E-state index in [1.54, 1.807) is 10.7 Å². The van der Waals surface area contributed by atoms with Crippen molar-refractivity contribution in [2.45, 2.75) is 27.3 Å². The van der Waals surface area contributed by atoms with Crippen molar-refractivity contribution in [2.75, 3.05) is 5.32 Å². The van der Waals surface area contributed by atoms with Crippen LogP contribution in [0, 0.1) is 20.8 Å². The molecule has 3 aromatic carbocycles. The molecule has 0 aliphatic rings. The van der Waals surface area contributed by atoms with Crippen LogP contribution in [0.1, 0.15) is 16.7 Å². The van der Waals surface area contributed by atoms with Gasteiger partial charge in [0.15, 0.2) is 0 Å². The van der Waals surface area contributed by atoms with Gasteiger partial charge in [-0.3, -0.25) is 14.2 Å². The number of aryl methyl sites for hydroxylation is 3. The van der Waals surface area contributed by atoms with Crippen molar-refractivity contribution in [3.05, 3.63) is 112 Å². The molecule has 1 amide bonds. The van der Waals surface area contributed by atoms with E-state index in [2.05, 4.69) is 11.4 Å². The van der Waals surface area contributed by atoms with Gasteiger partial charge in [0.2, 0.25) is 5.91 Å². The first-order valence-corrected chi connectivity index (χ1v) is 11.5. The molecule has 0 aliphatic heterocycles. The second-order valence-electron chi connectivity index (χ2n) is 8.83. The van der Waals surface area contributed by atoms with Gasteiger partial charge in [-0.15, -0.1) is 0 Å². The highest BCUT2D eigenvalue weighted by molar-refractivity contribution is 5.96. The number of hydrogen-bond donors (Lipinski definition) is 1. The molecule has 0 spiro atoms. The first-order chi connectivity index (χ1) is 16.9. The van der Waals surface area contributed by atoms with Crippen molar-refractivity contribution >= 4 is 22.6 Å². The van der Waals surface area contributed by atoms with E-state index >= 15 is 0 Å². The van der Waals surface area contributed by atoms with Crippen LogP contribution in [0.3, 0.4) is 0 Å². The zero-order valence-electron chi connectivity index (χ0n) is 19.9. The van der Waals surface area contributed by atoms with Gasteiger partial charge < -0.3 is 5.32 Å². The summed E-state index contributed by atoms with van der Waals surface area (Å²) in [5.41, 5.74) is 6.63. The Labute approximate surface area is 203 Å². The predicted octanol–water partition coefficient (Wildman–Crippen LogP) is 5.42. The maximum Gasteiger partial charge on any atom is 0.252 e. The molecule has 0 bridgehead atoms. The molecule has 5 rings (SSSR count). The van der Waals surface area contributed by atoms with E-state index in [1.165, 1.54) is 4.57 Å². The standard InChI is InChI=1S/C29H26N4O2/c1-19-12-14-23(15-13-19)30-25(34)18-32-26(35)17-21(3)27-28(22-9-7-8-20(2)16-22)31-33(29(27)32)24-10-5-4-6-11-24/h4-17H,18H2,1-3H3,(H,30,34). The van der Waals surface area contributed by atoms with Crippen molar-refractivity contribution in [2.24, 2.45) is 0 Å². The smallest absolute Gasteiger partial charge is 0.252 e. The fourth-order valence-corrected chi connectivity index (χ4v) is 4.34. The lowest BCUT2D eigenvalue weighted by atomic mass is 10.0. The fourth-order valence-electron chi connectivity index (χ4n) is 4.34. The number of hydrogen-bond acceptors (Lipinski definition) is 3. The highest BCUT2D eigenvalue weighted by atomic mass is 16.2. The lowest BCUT2D eigenvalue weighted by molar-refractivity contribution is -0.116. The van der Waals surface area contributed by atoms with Crippen LogP contribution < -0.4 is 10.9 Å². The number of aromatic nitrogens is 3. The van der Waals surface area contributed by atoms with Crippen molar-refractivity contribution in [1.82, 2.24) is 14.3 Å². The molecule has 5 aromatic rings. The molecule has 0 saturated heterocycles. The number of nitrogens with zero attached hydrogens (tertiary/aromatic N) is 3. The average Bonchev–Trinajstić information content (AvgIpc) is 3.25. The maximum absolute atomic E-state index is 13.2. The first-order valence-electron chi connectivity index (χ1n) is 11.5. The minimum Gasteiger partial charge on any atom is -0.325 e. The normalized spacial score (nSPS) is 11.1. The van der Waals surface area contributed by atoms with E-state index in [0.29, 0.717) is 11.3 Å². The molecule has 0 fully saturated rings. The lowest BCUT2D eigenvalue weighted by Gasteiger charge is -2.13. The Morgan fingerprint density at radius 3 is 2.31 bits per heavy atom. The molecule has 6 nitrogen and oxygen atoms in total. The second-order valence-corrected chi connectivity index (χ2v) is 8.83. The number of anilines is 1. The van der Waals surface area contributed by atoms with Crippen LogP contribution >= 0.6 is 0 Å². The molecule has 2 aromatic heterocycles. The van der Waals surface area contributed by atoms with Gasteiger partial charge in [0.05, 0.1) is 5.69 Å². The molecular weight excluding hydrogens is 436 g/mol. The van der Waals surface area contributed by atoms with Crippen molar-refractivity contribution < 1.29 is 4.79 Å². The number of nitrogens with one attached hydrogen (secondary N) is 1. The molecule has 0 atom stereocenters. The summed E-state index contributed by atoms with van der Waals surface area (Å²) in [7, 11) is 0. The van der Waals surface area contributed by atoms with Crippen molar-refractivity contribution in [3.8, 4) is 16.9 Å². The molecule has 174 valence electrons. The summed E-state index contributed by atoms with van der Waals surface area (Å²) >= 11 is 0. The molecule has 2 heterocycles. The Morgan fingerprint density at radius 2 is 1.60 bits per heavy atom. The summed E-state index contributed by atoms with van der Waals surface area (Å²) in [6.45, 7) is 5.81. The van der Waals surface area contributed by atoms with Gasteiger partial charge in [-0.25, -0.2) is 4.68 Å². The van der Waals surface area contributed by atoms with E-state index in [9.17, 15) is 9.59 Å². The summed E-state index contributed by atoms with van der Waals surface area (Å²) in [5.74, 6) is -0.279. The number of para-hydroxylation sites is 1. The number of carbonyl (C=O) groups is 1. The number of amides is 1. The lowest BCUT2D eigenvalue weighted by Crippen LogP contribution is -2.29. The third-order valence-electron chi connectivity index (χ3n) is 6.05. The van der Waals surface area contributed by atoms with E-state index in [0.717, 1.165) is 39.0 Å². The third kappa shape index (κ3) is 4.38. The van der Waals surface area contributed by atoms with Gasteiger partial charge in [-0.2, -0.15) is 5.10 Å². The number of fused-ring (bicyclic) bond motifs is 1. The van der Waals surface area contributed by atoms with Gasteiger partial charge in [-0.1, -0.05) is 59.7 Å². The summed E-state index contributed by atoms with van der Waals surface area (Å²) in [4.78, 5) is 26.2. The van der Waals surface area contributed by atoms with Gasteiger partial charge in [0, 0.05) is 22.7 Å². The van der Waals surface area contributed by atoms with Crippen LogP contribution in [0.4, 0.5) is 5.69 Å².